The first kappa shape index (κ1) is 22.3. The van der Waals surface area contributed by atoms with Crippen LogP contribution in [0.25, 0.3) is 0 Å². The van der Waals surface area contributed by atoms with E-state index in [-0.39, 0.29) is 24.3 Å². The van der Waals surface area contributed by atoms with Gasteiger partial charge >= 0.3 is 0 Å². The van der Waals surface area contributed by atoms with Crippen LogP contribution in [0.1, 0.15) is 38.6 Å². The quantitative estimate of drug-likeness (QED) is 0.589. The lowest BCUT2D eigenvalue weighted by Crippen LogP contribution is -2.50. The monoisotopic (exact) mass is 477 g/mol. The zero-order valence-corrected chi connectivity index (χ0v) is 19.7. The zero-order valence-electron chi connectivity index (χ0n) is 18.9. The van der Waals surface area contributed by atoms with Crippen molar-refractivity contribution in [2.24, 2.45) is 0 Å². The number of rotatable bonds is 6. The third-order valence-electron chi connectivity index (χ3n) is 6.36. The van der Waals surface area contributed by atoms with Crippen LogP contribution in [0.15, 0.2) is 47.8 Å². The number of carbonyl (C=O) groups excluding carboxylic acids is 3. The highest BCUT2D eigenvalue weighted by molar-refractivity contribution is 7.09. The van der Waals surface area contributed by atoms with E-state index < -0.39 is 0 Å². The maximum Gasteiger partial charge on any atom is 0.275 e. The van der Waals surface area contributed by atoms with Crippen LogP contribution in [-0.4, -0.2) is 63.5 Å². The molecule has 176 valence electrons. The smallest absolute Gasteiger partial charge is 0.275 e. The number of piperazine rings is 1. The van der Waals surface area contributed by atoms with E-state index in [1.165, 1.54) is 4.88 Å². The first-order chi connectivity index (χ1) is 16.6. The van der Waals surface area contributed by atoms with Crippen LogP contribution in [0, 0.1) is 0 Å². The first-order valence-corrected chi connectivity index (χ1v) is 12.4. The van der Waals surface area contributed by atoms with Crippen LogP contribution < -0.4 is 5.32 Å². The van der Waals surface area contributed by atoms with Gasteiger partial charge in [0.2, 0.25) is 11.8 Å². The van der Waals surface area contributed by atoms with Gasteiger partial charge in [0.05, 0.1) is 13.1 Å². The summed E-state index contributed by atoms with van der Waals surface area (Å²) in [5, 5.41) is 9.50. The molecule has 8 nitrogen and oxygen atoms in total. The second-order valence-electron chi connectivity index (χ2n) is 8.64. The molecule has 0 radical (unpaired) electrons. The average Bonchev–Trinajstić information content (AvgIpc) is 3.51. The van der Waals surface area contributed by atoms with E-state index in [1.54, 1.807) is 16.2 Å². The number of carbonyl (C=O) groups is 3. The normalized spacial score (nSPS) is 15.7. The summed E-state index contributed by atoms with van der Waals surface area (Å²) >= 11 is 1.66. The molecule has 3 aromatic rings. The molecule has 0 unspecified atom stereocenters. The highest BCUT2D eigenvalue weighted by atomic mass is 32.1. The van der Waals surface area contributed by atoms with Gasteiger partial charge < -0.3 is 15.1 Å². The fourth-order valence-electron chi connectivity index (χ4n) is 4.57. The Kier molecular flexibility index (Phi) is 6.44. The number of nitrogens with zero attached hydrogens (tertiary/aromatic N) is 4. The minimum atomic E-state index is -0.245. The number of fused-ring (bicyclic) bond motifs is 1. The van der Waals surface area contributed by atoms with Crippen molar-refractivity contribution in [1.29, 1.82) is 0 Å². The van der Waals surface area contributed by atoms with Crippen molar-refractivity contribution in [3.05, 3.63) is 75.2 Å². The summed E-state index contributed by atoms with van der Waals surface area (Å²) in [5.74, 6) is -0.320. The maximum atomic E-state index is 13.4. The molecule has 0 spiro atoms. The Morgan fingerprint density at radius 2 is 1.88 bits per heavy atom. The number of hydrogen-bond donors (Lipinski definition) is 1. The SMILES string of the molecule is O=C1CN(C(=O)c2nn(Cc3ccccc3)c3c2CN(C(=O)CCc2cccs2)CC3)CCN1. The van der Waals surface area contributed by atoms with Crippen LogP contribution in [0.4, 0.5) is 0 Å². The maximum absolute atomic E-state index is 13.4. The largest absolute Gasteiger partial charge is 0.353 e. The predicted molar refractivity (Wildman–Crippen MR) is 128 cm³/mol. The Balaban J connectivity index is 1.40. The molecule has 5 rings (SSSR count). The van der Waals surface area contributed by atoms with E-state index >= 15 is 0 Å². The van der Waals surface area contributed by atoms with E-state index in [1.807, 2.05) is 57.4 Å². The molecule has 1 fully saturated rings. The van der Waals surface area contributed by atoms with Gasteiger partial charge in [-0.05, 0) is 23.4 Å². The summed E-state index contributed by atoms with van der Waals surface area (Å²) in [6.45, 7) is 2.45. The number of amides is 3. The van der Waals surface area contributed by atoms with Gasteiger partial charge in [-0.15, -0.1) is 11.3 Å². The summed E-state index contributed by atoms with van der Waals surface area (Å²) < 4.78 is 1.90. The second-order valence-corrected chi connectivity index (χ2v) is 9.67. The Morgan fingerprint density at radius 1 is 1.03 bits per heavy atom. The number of aromatic nitrogens is 2. The van der Waals surface area contributed by atoms with Gasteiger partial charge in [-0.3, -0.25) is 19.1 Å². The molecule has 0 aliphatic carbocycles. The molecule has 1 saturated heterocycles. The van der Waals surface area contributed by atoms with Gasteiger partial charge in [0.1, 0.15) is 0 Å². The van der Waals surface area contributed by atoms with E-state index in [9.17, 15) is 14.4 Å². The summed E-state index contributed by atoms with van der Waals surface area (Å²) in [6, 6.07) is 14.1. The molecule has 3 amide bonds. The molecular formula is C25H27N5O3S. The Labute approximate surface area is 202 Å². The summed E-state index contributed by atoms with van der Waals surface area (Å²) in [5.41, 5.74) is 3.26. The highest BCUT2D eigenvalue weighted by Crippen LogP contribution is 2.26. The molecule has 2 aliphatic heterocycles. The Hall–Kier alpha value is -3.46. The number of aryl methyl sites for hydroxylation is 1. The van der Waals surface area contributed by atoms with Crippen LogP contribution in [0.3, 0.4) is 0 Å². The molecule has 2 aliphatic rings. The fourth-order valence-corrected chi connectivity index (χ4v) is 5.28. The third-order valence-corrected chi connectivity index (χ3v) is 7.29. The van der Waals surface area contributed by atoms with E-state index in [2.05, 4.69) is 5.32 Å². The fraction of sp³-hybridized carbons (Fsp3) is 0.360. The molecule has 0 bridgehead atoms. The summed E-state index contributed by atoms with van der Waals surface area (Å²) in [4.78, 5) is 42.8. The van der Waals surface area contributed by atoms with Gasteiger partial charge in [-0.1, -0.05) is 36.4 Å². The molecule has 2 aromatic heterocycles. The van der Waals surface area contributed by atoms with E-state index in [0.29, 0.717) is 51.3 Å². The van der Waals surface area contributed by atoms with Gasteiger partial charge in [-0.2, -0.15) is 5.10 Å². The molecule has 34 heavy (non-hydrogen) atoms. The first-order valence-electron chi connectivity index (χ1n) is 11.6. The molecule has 9 heteroatoms. The Bertz CT molecular complexity index is 1190. The molecule has 1 aromatic carbocycles. The van der Waals surface area contributed by atoms with Crippen molar-refractivity contribution in [1.82, 2.24) is 24.9 Å². The standard InChI is InChI=1S/C25H27N5O3S/c31-22-17-29(13-11-26-22)25(33)24-20-16-28(23(32)9-8-19-7-4-14-34-19)12-10-21(20)30(27-24)15-18-5-2-1-3-6-18/h1-7,14H,8-13,15-17H2,(H,26,31). The minimum absolute atomic E-state index is 0.0304. The lowest BCUT2D eigenvalue weighted by Gasteiger charge is -2.29. The van der Waals surface area contributed by atoms with Crippen LogP contribution in [0.2, 0.25) is 0 Å². The number of hydrogen-bond acceptors (Lipinski definition) is 5. The second kappa shape index (κ2) is 9.80. The number of nitrogens with one attached hydrogen (secondary N) is 1. The van der Waals surface area contributed by atoms with Crippen LogP contribution in [0.5, 0.6) is 0 Å². The van der Waals surface area contributed by atoms with Crippen LogP contribution >= 0.6 is 11.3 Å². The predicted octanol–water partition coefficient (Wildman–Crippen LogP) is 2.08. The van der Waals surface area contributed by atoms with Crippen LogP contribution in [-0.2, 0) is 35.5 Å². The van der Waals surface area contributed by atoms with Gasteiger partial charge in [0.15, 0.2) is 5.69 Å². The molecular weight excluding hydrogens is 450 g/mol. The molecule has 4 heterocycles. The van der Waals surface area contributed by atoms with Crippen molar-refractivity contribution in [3.8, 4) is 0 Å². The third kappa shape index (κ3) is 4.75. The van der Waals surface area contributed by atoms with Crippen molar-refractivity contribution >= 4 is 29.1 Å². The van der Waals surface area contributed by atoms with Crippen molar-refractivity contribution in [2.45, 2.75) is 32.4 Å². The highest BCUT2D eigenvalue weighted by Gasteiger charge is 2.33. The van der Waals surface area contributed by atoms with Crippen molar-refractivity contribution in [3.63, 3.8) is 0 Å². The van der Waals surface area contributed by atoms with Gasteiger partial charge in [0.25, 0.3) is 5.91 Å². The van der Waals surface area contributed by atoms with Crippen molar-refractivity contribution < 1.29 is 14.4 Å². The Morgan fingerprint density at radius 3 is 2.65 bits per heavy atom. The molecule has 1 N–H and O–H groups in total. The van der Waals surface area contributed by atoms with Gasteiger partial charge in [0, 0.05) is 55.2 Å². The molecule has 0 saturated carbocycles. The lowest BCUT2D eigenvalue weighted by molar-refractivity contribution is -0.132. The number of benzene rings is 1. The van der Waals surface area contributed by atoms with Gasteiger partial charge in [-0.25, -0.2) is 0 Å². The minimum Gasteiger partial charge on any atom is -0.353 e. The topological polar surface area (TPSA) is 87.5 Å². The zero-order chi connectivity index (χ0) is 23.5. The summed E-state index contributed by atoms with van der Waals surface area (Å²) in [7, 11) is 0. The van der Waals surface area contributed by atoms with E-state index in [0.717, 1.165) is 23.2 Å². The molecule has 0 atom stereocenters. The van der Waals surface area contributed by atoms with Crippen molar-refractivity contribution in [2.75, 3.05) is 26.2 Å². The number of thiophene rings is 1. The average molecular weight is 478 g/mol. The summed E-state index contributed by atoms with van der Waals surface area (Å²) in [6.07, 6.45) is 1.82. The lowest BCUT2D eigenvalue weighted by atomic mass is 10.0. The van der Waals surface area contributed by atoms with E-state index in [4.69, 9.17) is 5.10 Å².